The highest BCUT2D eigenvalue weighted by molar-refractivity contribution is 9.10. The first kappa shape index (κ1) is 21.3. The third-order valence-corrected chi connectivity index (χ3v) is 4.38. The van der Waals surface area contributed by atoms with Crippen LogP contribution in [0.2, 0.25) is 10.0 Å². The summed E-state index contributed by atoms with van der Waals surface area (Å²) in [6.45, 7) is 0.163. The number of nitrogens with zero attached hydrogens (tertiary/aromatic N) is 2. The summed E-state index contributed by atoms with van der Waals surface area (Å²) in [5.41, 5.74) is 1.76. The Labute approximate surface area is 176 Å². The van der Waals surface area contributed by atoms with Crippen molar-refractivity contribution in [3.63, 3.8) is 0 Å². The molecule has 0 aromatic heterocycles. The Kier molecular flexibility index (Phi) is 8.16. The molecule has 2 rings (SSSR count). The van der Waals surface area contributed by atoms with Crippen LogP contribution >= 0.6 is 39.1 Å². The van der Waals surface area contributed by atoms with Crippen molar-refractivity contribution < 1.29 is 9.63 Å². The first-order valence-electron chi connectivity index (χ1n) is 7.89. The van der Waals surface area contributed by atoms with Crippen LogP contribution in [-0.4, -0.2) is 31.1 Å². The largest absolute Gasteiger partial charge is 0.391 e. The molecular weight excluding hydrogens is 453 g/mol. The maximum absolute atomic E-state index is 12.5. The molecule has 0 saturated heterocycles. The van der Waals surface area contributed by atoms with Gasteiger partial charge in [-0.05, 0) is 36.4 Å². The first-order valence-corrected chi connectivity index (χ1v) is 9.44. The molecule has 27 heavy (non-hydrogen) atoms. The van der Waals surface area contributed by atoms with Crippen molar-refractivity contribution in [1.82, 2.24) is 4.90 Å². The van der Waals surface area contributed by atoms with E-state index in [1.165, 1.54) is 6.21 Å². The highest BCUT2D eigenvalue weighted by Crippen LogP contribution is 2.21. The van der Waals surface area contributed by atoms with Gasteiger partial charge in [0.1, 0.15) is 6.61 Å². The zero-order valence-electron chi connectivity index (χ0n) is 14.7. The Morgan fingerprint density at radius 2 is 1.93 bits per heavy atom. The highest BCUT2D eigenvalue weighted by atomic mass is 79.9. The molecule has 142 valence electrons. The SMILES string of the molecule is CN(C)/C=C(/C=N/OCc1ccc(Cl)cc1Cl)C(=O)Nc1ccc(Br)cc1. The van der Waals surface area contributed by atoms with Crippen LogP contribution < -0.4 is 5.32 Å². The fourth-order valence-corrected chi connectivity index (χ4v) is 2.73. The number of benzene rings is 2. The number of oxime groups is 1. The quantitative estimate of drug-likeness (QED) is 0.337. The number of nitrogens with one attached hydrogen (secondary N) is 1. The van der Waals surface area contributed by atoms with Crippen LogP contribution in [0.25, 0.3) is 0 Å². The standard InChI is InChI=1S/C19H18BrCl2N3O2/c1-25(2)11-14(19(26)24-17-7-4-15(20)5-8-17)10-23-27-12-13-3-6-16(21)9-18(13)22/h3-11H,12H2,1-2H3,(H,24,26)/b14-11-,23-10+. The van der Waals surface area contributed by atoms with Gasteiger partial charge in [0.05, 0.1) is 11.8 Å². The van der Waals surface area contributed by atoms with Gasteiger partial charge < -0.3 is 15.1 Å². The van der Waals surface area contributed by atoms with E-state index in [0.29, 0.717) is 21.3 Å². The molecule has 5 nitrogen and oxygen atoms in total. The number of amides is 1. The maximum Gasteiger partial charge on any atom is 0.258 e. The fraction of sp³-hybridized carbons (Fsp3) is 0.158. The first-order chi connectivity index (χ1) is 12.8. The van der Waals surface area contributed by atoms with Crippen LogP contribution in [0.3, 0.4) is 0 Å². The predicted molar refractivity (Wildman–Crippen MR) is 114 cm³/mol. The number of hydrogen-bond donors (Lipinski definition) is 1. The lowest BCUT2D eigenvalue weighted by Crippen LogP contribution is -2.18. The van der Waals surface area contributed by atoms with E-state index in [2.05, 4.69) is 26.4 Å². The van der Waals surface area contributed by atoms with Gasteiger partial charge in [0.15, 0.2) is 0 Å². The van der Waals surface area contributed by atoms with E-state index in [1.807, 2.05) is 26.2 Å². The lowest BCUT2D eigenvalue weighted by Gasteiger charge is -2.10. The average molecular weight is 471 g/mol. The molecule has 8 heteroatoms. The Balaban J connectivity index is 2.01. The zero-order valence-corrected chi connectivity index (χ0v) is 17.8. The minimum Gasteiger partial charge on any atom is -0.391 e. The Bertz CT molecular complexity index is 853. The molecule has 0 radical (unpaired) electrons. The third kappa shape index (κ3) is 7.25. The van der Waals surface area contributed by atoms with Crippen molar-refractivity contribution in [2.24, 2.45) is 5.16 Å². The monoisotopic (exact) mass is 469 g/mol. The summed E-state index contributed by atoms with van der Waals surface area (Å²) >= 11 is 15.3. The number of hydrogen-bond acceptors (Lipinski definition) is 4. The average Bonchev–Trinajstić information content (AvgIpc) is 2.60. The zero-order chi connectivity index (χ0) is 19.8. The second-order valence-electron chi connectivity index (χ2n) is 5.75. The van der Waals surface area contributed by atoms with Crippen LogP contribution in [0.15, 0.2) is 63.9 Å². The highest BCUT2D eigenvalue weighted by Gasteiger charge is 2.09. The van der Waals surface area contributed by atoms with Gasteiger partial charge in [0.25, 0.3) is 5.91 Å². The molecular formula is C19H18BrCl2N3O2. The van der Waals surface area contributed by atoms with Crippen LogP contribution in [0.5, 0.6) is 0 Å². The number of rotatable bonds is 7. The lowest BCUT2D eigenvalue weighted by molar-refractivity contribution is -0.112. The van der Waals surface area contributed by atoms with Gasteiger partial charge in [-0.1, -0.05) is 50.4 Å². The Morgan fingerprint density at radius 1 is 1.22 bits per heavy atom. The van der Waals surface area contributed by atoms with Gasteiger partial charge in [-0.15, -0.1) is 0 Å². The van der Waals surface area contributed by atoms with E-state index in [9.17, 15) is 4.79 Å². The topological polar surface area (TPSA) is 53.9 Å². The van der Waals surface area contributed by atoms with Gasteiger partial charge in [0, 0.05) is 46.1 Å². The number of carbonyl (C=O) groups is 1. The van der Waals surface area contributed by atoms with Crippen LogP contribution in [0.1, 0.15) is 5.56 Å². The molecule has 0 aliphatic carbocycles. The number of carbonyl (C=O) groups excluding carboxylic acids is 1. The lowest BCUT2D eigenvalue weighted by atomic mass is 10.2. The van der Waals surface area contributed by atoms with E-state index in [1.54, 1.807) is 41.4 Å². The van der Waals surface area contributed by atoms with E-state index in [-0.39, 0.29) is 12.5 Å². The molecule has 1 amide bonds. The summed E-state index contributed by atoms with van der Waals surface area (Å²) in [5.74, 6) is -0.303. The Morgan fingerprint density at radius 3 is 2.56 bits per heavy atom. The molecule has 0 fully saturated rings. The normalized spacial score (nSPS) is 11.5. The van der Waals surface area contributed by atoms with E-state index >= 15 is 0 Å². The van der Waals surface area contributed by atoms with Gasteiger partial charge in [-0.3, -0.25) is 4.79 Å². The molecule has 0 spiro atoms. The van der Waals surface area contributed by atoms with E-state index in [0.717, 1.165) is 10.0 Å². The van der Waals surface area contributed by atoms with Gasteiger partial charge in [-0.25, -0.2) is 0 Å². The maximum atomic E-state index is 12.5. The summed E-state index contributed by atoms with van der Waals surface area (Å²) in [6, 6.07) is 12.4. The molecule has 2 aromatic carbocycles. The molecule has 0 atom stereocenters. The molecule has 1 N–H and O–H groups in total. The van der Waals surface area contributed by atoms with Crippen molar-refractivity contribution in [3.8, 4) is 0 Å². The summed E-state index contributed by atoms with van der Waals surface area (Å²) in [4.78, 5) is 19.5. The van der Waals surface area contributed by atoms with Crippen molar-refractivity contribution >= 4 is 56.9 Å². The van der Waals surface area contributed by atoms with E-state index in [4.69, 9.17) is 28.0 Å². The second-order valence-corrected chi connectivity index (χ2v) is 7.51. The molecule has 0 aliphatic heterocycles. The van der Waals surface area contributed by atoms with Gasteiger partial charge >= 0.3 is 0 Å². The minimum atomic E-state index is -0.303. The van der Waals surface area contributed by atoms with Crippen molar-refractivity contribution in [3.05, 3.63) is 74.3 Å². The van der Waals surface area contributed by atoms with Crippen molar-refractivity contribution in [2.45, 2.75) is 6.61 Å². The van der Waals surface area contributed by atoms with Gasteiger partial charge in [-0.2, -0.15) is 0 Å². The summed E-state index contributed by atoms with van der Waals surface area (Å²) in [7, 11) is 3.63. The third-order valence-electron chi connectivity index (χ3n) is 3.26. The summed E-state index contributed by atoms with van der Waals surface area (Å²) in [6.07, 6.45) is 3.01. The molecule has 0 aliphatic rings. The van der Waals surface area contributed by atoms with Gasteiger partial charge in [0.2, 0.25) is 0 Å². The Hall–Kier alpha value is -2.02. The molecule has 2 aromatic rings. The van der Waals surface area contributed by atoms with Crippen LogP contribution in [0.4, 0.5) is 5.69 Å². The molecule has 0 unspecified atom stereocenters. The fourth-order valence-electron chi connectivity index (χ4n) is 2.00. The van der Waals surface area contributed by atoms with Crippen LogP contribution in [-0.2, 0) is 16.2 Å². The number of halogens is 3. The predicted octanol–water partition coefficient (Wildman–Crippen LogP) is 5.34. The summed E-state index contributed by atoms with van der Waals surface area (Å²) in [5, 5.41) is 7.74. The second kappa shape index (κ2) is 10.3. The summed E-state index contributed by atoms with van der Waals surface area (Å²) < 4.78 is 0.931. The molecule has 0 bridgehead atoms. The van der Waals surface area contributed by atoms with Crippen LogP contribution in [0, 0.1) is 0 Å². The van der Waals surface area contributed by atoms with Crippen molar-refractivity contribution in [1.29, 1.82) is 0 Å². The number of anilines is 1. The minimum absolute atomic E-state index is 0.163. The molecule has 0 heterocycles. The van der Waals surface area contributed by atoms with Crippen molar-refractivity contribution in [2.75, 3.05) is 19.4 Å². The van der Waals surface area contributed by atoms with E-state index < -0.39 is 0 Å². The molecule has 0 saturated carbocycles. The smallest absolute Gasteiger partial charge is 0.258 e.